The number of anilines is 1. The zero-order valence-electron chi connectivity index (χ0n) is 14.0. The minimum absolute atomic E-state index is 0.0143. The van der Waals surface area contributed by atoms with Gasteiger partial charge < -0.3 is 16.0 Å². The molecule has 0 aliphatic rings. The largest absolute Gasteiger partial charge is 0.347 e. The Morgan fingerprint density at radius 3 is 2.32 bits per heavy atom. The van der Waals surface area contributed by atoms with E-state index < -0.39 is 0 Å². The Morgan fingerprint density at radius 2 is 1.77 bits per heavy atom. The fraction of sp³-hybridized carbons (Fsp3) is 0.529. The molecule has 0 aromatic heterocycles. The molecule has 5 nitrogen and oxygen atoms in total. The molecule has 0 aliphatic carbocycles. The molecule has 2 amide bonds. The van der Waals surface area contributed by atoms with E-state index in [4.69, 9.17) is 0 Å². The van der Waals surface area contributed by atoms with Crippen LogP contribution in [0.3, 0.4) is 0 Å². The molecule has 0 radical (unpaired) electrons. The summed E-state index contributed by atoms with van der Waals surface area (Å²) in [5.41, 5.74) is 1.08. The van der Waals surface area contributed by atoms with Gasteiger partial charge in [0.15, 0.2) is 0 Å². The van der Waals surface area contributed by atoms with Crippen LogP contribution in [0.2, 0.25) is 0 Å². The highest BCUT2D eigenvalue weighted by Crippen LogP contribution is 2.13. The van der Waals surface area contributed by atoms with Crippen LogP contribution >= 0.6 is 0 Å². The lowest BCUT2D eigenvalue weighted by Crippen LogP contribution is -2.42. The summed E-state index contributed by atoms with van der Waals surface area (Å²) in [7, 11) is 1.86. The molecule has 0 spiro atoms. The van der Waals surface area contributed by atoms with Crippen LogP contribution in [-0.4, -0.2) is 30.9 Å². The zero-order chi connectivity index (χ0) is 16.6. The number of carbonyl (C=O) groups excluding carboxylic acids is 2. The van der Waals surface area contributed by atoms with Gasteiger partial charge in [-0.25, -0.2) is 0 Å². The summed E-state index contributed by atoms with van der Waals surface area (Å²) in [6.45, 7) is 6.84. The number of rotatable bonds is 8. The van der Waals surface area contributed by atoms with Crippen LogP contribution in [-0.2, 0) is 4.79 Å². The van der Waals surface area contributed by atoms with Gasteiger partial charge in [0.25, 0.3) is 5.91 Å². The van der Waals surface area contributed by atoms with Crippen LogP contribution in [0, 0.1) is 0 Å². The highest BCUT2D eigenvalue weighted by atomic mass is 16.2. The van der Waals surface area contributed by atoms with Crippen molar-refractivity contribution in [1.82, 2.24) is 10.6 Å². The van der Waals surface area contributed by atoms with Gasteiger partial charge in [-0.1, -0.05) is 6.92 Å². The average molecular weight is 305 g/mol. The molecular formula is C17H27N3O2. The first-order valence-electron chi connectivity index (χ1n) is 7.75. The Kier molecular flexibility index (Phi) is 7.05. The second-order valence-corrected chi connectivity index (χ2v) is 6.02. The molecule has 0 fully saturated rings. The van der Waals surface area contributed by atoms with Crippen LogP contribution in [0.4, 0.5) is 5.69 Å². The van der Waals surface area contributed by atoms with Crippen molar-refractivity contribution in [2.24, 2.45) is 0 Å². The fourth-order valence-electron chi connectivity index (χ4n) is 1.82. The van der Waals surface area contributed by atoms with E-state index in [1.165, 1.54) is 0 Å². The molecule has 0 unspecified atom stereocenters. The maximum Gasteiger partial charge on any atom is 0.251 e. The summed E-state index contributed by atoms with van der Waals surface area (Å²) in [6, 6.07) is 6.96. The number of amides is 2. The molecule has 22 heavy (non-hydrogen) atoms. The molecule has 122 valence electrons. The Morgan fingerprint density at radius 1 is 1.14 bits per heavy atom. The molecule has 0 saturated heterocycles. The lowest BCUT2D eigenvalue weighted by molar-refractivity contribution is -0.116. The van der Waals surface area contributed by atoms with E-state index in [0.717, 1.165) is 19.4 Å². The first-order valence-corrected chi connectivity index (χ1v) is 7.75. The molecule has 1 rings (SSSR count). The minimum Gasteiger partial charge on any atom is -0.347 e. The maximum atomic E-state index is 12.1. The van der Waals surface area contributed by atoms with Crippen LogP contribution in [0.15, 0.2) is 24.3 Å². The third-order valence-electron chi connectivity index (χ3n) is 3.60. The van der Waals surface area contributed by atoms with Gasteiger partial charge in [0, 0.05) is 23.2 Å². The third kappa shape index (κ3) is 6.26. The zero-order valence-corrected chi connectivity index (χ0v) is 14.0. The standard InChI is InChI=1S/C17H27N3O2/c1-5-17(2,3)20-16(22)13-8-10-14(11-9-13)19-15(21)7-6-12-18-4/h8-11,18H,5-7,12H2,1-4H3,(H,19,21)(H,20,22). The van der Waals surface area contributed by atoms with Crippen molar-refractivity contribution < 1.29 is 9.59 Å². The Hall–Kier alpha value is -1.88. The molecule has 0 atom stereocenters. The number of hydrogen-bond acceptors (Lipinski definition) is 3. The Balaban J connectivity index is 2.56. The fourth-order valence-corrected chi connectivity index (χ4v) is 1.82. The quantitative estimate of drug-likeness (QED) is 0.646. The topological polar surface area (TPSA) is 70.2 Å². The van der Waals surface area contributed by atoms with E-state index in [1.54, 1.807) is 24.3 Å². The van der Waals surface area contributed by atoms with E-state index in [-0.39, 0.29) is 17.4 Å². The minimum atomic E-state index is -0.225. The maximum absolute atomic E-state index is 12.1. The van der Waals surface area contributed by atoms with E-state index >= 15 is 0 Å². The average Bonchev–Trinajstić information content (AvgIpc) is 2.48. The predicted octanol–water partition coefficient (Wildman–Crippen LogP) is 2.54. The van der Waals surface area contributed by atoms with Gasteiger partial charge >= 0.3 is 0 Å². The summed E-state index contributed by atoms with van der Waals surface area (Å²) in [4.78, 5) is 23.8. The van der Waals surface area contributed by atoms with Gasteiger partial charge in [-0.2, -0.15) is 0 Å². The SMILES string of the molecule is CCC(C)(C)NC(=O)c1ccc(NC(=O)CCCNC)cc1. The number of nitrogens with one attached hydrogen (secondary N) is 3. The molecule has 0 heterocycles. The van der Waals surface area contributed by atoms with Gasteiger partial charge in [0.05, 0.1) is 0 Å². The lowest BCUT2D eigenvalue weighted by atomic mass is 10.0. The first kappa shape index (κ1) is 18.2. The number of carbonyl (C=O) groups is 2. The second kappa shape index (κ2) is 8.54. The van der Waals surface area contributed by atoms with Crippen LogP contribution in [0.5, 0.6) is 0 Å². The smallest absolute Gasteiger partial charge is 0.251 e. The van der Waals surface area contributed by atoms with Crippen LogP contribution in [0.25, 0.3) is 0 Å². The van der Waals surface area contributed by atoms with Crippen LogP contribution in [0.1, 0.15) is 50.4 Å². The molecule has 1 aromatic carbocycles. The van der Waals surface area contributed by atoms with Gasteiger partial charge in [0.1, 0.15) is 0 Å². The molecule has 1 aromatic rings. The van der Waals surface area contributed by atoms with E-state index in [1.807, 2.05) is 27.8 Å². The summed E-state index contributed by atoms with van der Waals surface area (Å²) in [6.07, 6.45) is 2.14. The monoisotopic (exact) mass is 305 g/mol. The second-order valence-electron chi connectivity index (χ2n) is 6.02. The van der Waals surface area contributed by atoms with Gasteiger partial charge in [-0.15, -0.1) is 0 Å². The molecule has 3 N–H and O–H groups in total. The molecule has 0 bridgehead atoms. The molecule has 0 aliphatic heterocycles. The number of benzene rings is 1. The van der Waals surface area contributed by atoms with Crippen molar-refractivity contribution in [2.45, 2.75) is 45.6 Å². The van der Waals surface area contributed by atoms with E-state index in [9.17, 15) is 9.59 Å². The Labute approximate surface area is 132 Å². The number of hydrogen-bond donors (Lipinski definition) is 3. The third-order valence-corrected chi connectivity index (χ3v) is 3.60. The van der Waals surface area contributed by atoms with Crippen molar-refractivity contribution in [1.29, 1.82) is 0 Å². The summed E-state index contributed by atoms with van der Waals surface area (Å²) >= 11 is 0. The van der Waals surface area contributed by atoms with Crippen molar-refractivity contribution in [3.8, 4) is 0 Å². The lowest BCUT2D eigenvalue weighted by Gasteiger charge is -2.24. The molecular weight excluding hydrogens is 278 g/mol. The molecule has 0 saturated carbocycles. The van der Waals surface area contributed by atoms with Gasteiger partial charge in [-0.05, 0) is 64.5 Å². The van der Waals surface area contributed by atoms with Crippen molar-refractivity contribution in [2.75, 3.05) is 18.9 Å². The van der Waals surface area contributed by atoms with Gasteiger partial charge in [-0.3, -0.25) is 9.59 Å². The first-order chi connectivity index (χ1) is 10.4. The molecule has 5 heteroatoms. The normalized spacial score (nSPS) is 11.1. The highest BCUT2D eigenvalue weighted by Gasteiger charge is 2.18. The van der Waals surface area contributed by atoms with Crippen molar-refractivity contribution in [3.63, 3.8) is 0 Å². The van der Waals surface area contributed by atoms with Crippen molar-refractivity contribution >= 4 is 17.5 Å². The van der Waals surface area contributed by atoms with E-state index in [0.29, 0.717) is 17.7 Å². The van der Waals surface area contributed by atoms with Crippen LogP contribution < -0.4 is 16.0 Å². The van der Waals surface area contributed by atoms with E-state index in [2.05, 4.69) is 16.0 Å². The Bertz CT molecular complexity index is 495. The predicted molar refractivity (Wildman–Crippen MR) is 90.1 cm³/mol. The van der Waals surface area contributed by atoms with Gasteiger partial charge in [0.2, 0.25) is 5.91 Å². The summed E-state index contributed by atoms with van der Waals surface area (Å²) in [5.74, 6) is -0.113. The summed E-state index contributed by atoms with van der Waals surface area (Å²) < 4.78 is 0. The van der Waals surface area contributed by atoms with Crippen molar-refractivity contribution in [3.05, 3.63) is 29.8 Å². The summed E-state index contributed by atoms with van der Waals surface area (Å²) in [5, 5.41) is 8.82. The highest BCUT2D eigenvalue weighted by molar-refractivity contribution is 5.96.